The molecule has 24 heavy (non-hydrogen) atoms. The third kappa shape index (κ3) is 4.05. The Morgan fingerprint density at radius 2 is 1.88 bits per heavy atom. The highest BCUT2D eigenvalue weighted by Gasteiger charge is 2.17. The van der Waals surface area contributed by atoms with Crippen molar-refractivity contribution in [2.24, 2.45) is 0 Å². The van der Waals surface area contributed by atoms with Gasteiger partial charge in [-0.25, -0.2) is 4.39 Å². The maximum absolute atomic E-state index is 14.0. The topological polar surface area (TPSA) is 101 Å². The minimum atomic E-state index is -0.796. The molecule has 0 radical (unpaired) electrons. The van der Waals surface area contributed by atoms with E-state index >= 15 is 0 Å². The molecule has 0 aliphatic heterocycles. The van der Waals surface area contributed by atoms with Crippen LogP contribution in [0, 0.1) is 15.9 Å². The van der Waals surface area contributed by atoms with Crippen molar-refractivity contribution in [2.75, 3.05) is 10.6 Å². The lowest BCUT2D eigenvalue weighted by atomic mass is 10.1. The zero-order valence-electron chi connectivity index (χ0n) is 12.3. The van der Waals surface area contributed by atoms with Gasteiger partial charge in [0.25, 0.3) is 11.6 Å². The number of nitrogens with zero attached hydrogens (tertiary/aromatic N) is 1. The summed E-state index contributed by atoms with van der Waals surface area (Å²) in [5, 5.41) is 15.4. The zero-order chi connectivity index (χ0) is 17.9. The molecule has 124 valence electrons. The van der Waals surface area contributed by atoms with Gasteiger partial charge in [0.15, 0.2) is 0 Å². The largest absolute Gasteiger partial charge is 0.326 e. The van der Waals surface area contributed by atoms with E-state index in [1.165, 1.54) is 25.1 Å². The van der Waals surface area contributed by atoms with Crippen LogP contribution in [0.5, 0.6) is 0 Å². The number of benzene rings is 2. The van der Waals surface area contributed by atoms with Gasteiger partial charge in [0, 0.05) is 24.7 Å². The van der Waals surface area contributed by atoms with Gasteiger partial charge < -0.3 is 10.6 Å². The first-order chi connectivity index (χ1) is 11.3. The van der Waals surface area contributed by atoms with E-state index in [4.69, 9.17) is 11.6 Å². The fraction of sp³-hybridized carbons (Fsp3) is 0.0667. The number of anilines is 2. The molecule has 0 saturated carbocycles. The molecule has 9 heteroatoms. The second-order valence-corrected chi connectivity index (χ2v) is 5.16. The van der Waals surface area contributed by atoms with Gasteiger partial charge in [-0.05, 0) is 24.3 Å². The van der Waals surface area contributed by atoms with Crippen LogP contribution in [-0.4, -0.2) is 16.7 Å². The highest BCUT2D eigenvalue weighted by atomic mass is 35.5. The number of nitro groups is 1. The molecule has 0 saturated heterocycles. The molecule has 0 aromatic heterocycles. The standard InChI is InChI=1S/C15H11ClFN3O4/c1-8(21)18-9-2-5-14(13(17)6-9)19-15(22)11-7-10(20(23)24)3-4-12(11)16/h2-7H,1H3,(H,18,21)(H,19,22). The van der Waals surface area contributed by atoms with E-state index in [0.29, 0.717) is 0 Å². The van der Waals surface area contributed by atoms with Crippen molar-refractivity contribution in [3.05, 3.63) is 62.9 Å². The number of carbonyl (C=O) groups excluding carboxylic acids is 2. The highest BCUT2D eigenvalue weighted by molar-refractivity contribution is 6.34. The molecule has 2 rings (SSSR count). The number of amides is 2. The Balaban J connectivity index is 2.25. The monoisotopic (exact) mass is 351 g/mol. The van der Waals surface area contributed by atoms with Gasteiger partial charge in [-0.1, -0.05) is 11.6 Å². The predicted octanol–water partition coefficient (Wildman–Crippen LogP) is 3.60. The van der Waals surface area contributed by atoms with Crippen LogP contribution in [0.15, 0.2) is 36.4 Å². The Labute approximate surface area is 140 Å². The maximum atomic E-state index is 14.0. The number of halogens is 2. The Kier molecular flexibility index (Phi) is 5.10. The van der Waals surface area contributed by atoms with E-state index in [9.17, 15) is 24.1 Å². The Hall–Kier alpha value is -3.00. The summed E-state index contributed by atoms with van der Waals surface area (Å²) in [6, 6.07) is 7.05. The molecule has 2 aromatic rings. The second kappa shape index (κ2) is 7.05. The van der Waals surface area contributed by atoms with Gasteiger partial charge in [0.1, 0.15) is 5.82 Å². The summed E-state index contributed by atoms with van der Waals surface area (Å²) in [7, 11) is 0. The van der Waals surface area contributed by atoms with Gasteiger partial charge in [-0.3, -0.25) is 19.7 Å². The van der Waals surface area contributed by atoms with E-state index in [1.54, 1.807) is 0 Å². The van der Waals surface area contributed by atoms with Crippen molar-refractivity contribution < 1.29 is 18.9 Å². The van der Waals surface area contributed by atoms with Gasteiger partial charge in [-0.2, -0.15) is 0 Å². The molecule has 0 heterocycles. The molecule has 0 aliphatic carbocycles. The smallest absolute Gasteiger partial charge is 0.270 e. The van der Waals surface area contributed by atoms with Crippen LogP contribution in [0.25, 0.3) is 0 Å². The molecule has 0 atom stereocenters. The maximum Gasteiger partial charge on any atom is 0.270 e. The molecule has 2 aromatic carbocycles. The highest BCUT2D eigenvalue weighted by Crippen LogP contribution is 2.24. The molecule has 0 fully saturated rings. The van der Waals surface area contributed by atoms with E-state index in [1.807, 2.05) is 0 Å². The van der Waals surface area contributed by atoms with Gasteiger partial charge in [0.05, 0.1) is 21.2 Å². The summed E-state index contributed by atoms with van der Waals surface area (Å²) in [6.07, 6.45) is 0. The molecule has 2 amide bonds. The van der Waals surface area contributed by atoms with Crippen LogP contribution < -0.4 is 10.6 Å². The number of carbonyl (C=O) groups is 2. The van der Waals surface area contributed by atoms with Crippen LogP contribution in [0.2, 0.25) is 5.02 Å². The van der Waals surface area contributed by atoms with Crippen LogP contribution >= 0.6 is 11.6 Å². The fourth-order valence-electron chi connectivity index (χ4n) is 1.89. The first-order valence-electron chi connectivity index (χ1n) is 6.60. The van der Waals surface area contributed by atoms with Crippen molar-refractivity contribution in [1.82, 2.24) is 0 Å². The van der Waals surface area contributed by atoms with Crippen LogP contribution in [0.3, 0.4) is 0 Å². The van der Waals surface area contributed by atoms with Gasteiger partial charge >= 0.3 is 0 Å². The van der Waals surface area contributed by atoms with Crippen molar-refractivity contribution in [3.8, 4) is 0 Å². The Morgan fingerprint density at radius 1 is 1.17 bits per heavy atom. The average molecular weight is 352 g/mol. The quantitative estimate of drug-likeness (QED) is 0.649. The number of rotatable bonds is 4. The minimum absolute atomic E-state index is 0.00613. The summed E-state index contributed by atoms with van der Waals surface area (Å²) in [5.41, 5.74) is -0.398. The molecule has 7 nitrogen and oxygen atoms in total. The molecule has 0 spiro atoms. The van der Waals surface area contributed by atoms with Crippen molar-refractivity contribution >= 4 is 40.5 Å². The van der Waals surface area contributed by atoms with Crippen molar-refractivity contribution in [1.29, 1.82) is 0 Å². The lowest BCUT2D eigenvalue weighted by Crippen LogP contribution is -2.14. The van der Waals surface area contributed by atoms with Crippen LogP contribution in [0.4, 0.5) is 21.5 Å². The number of nitro benzene ring substituents is 1. The van der Waals surface area contributed by atoms with Crippen LogP contribution in [-0.2, 0) is 4.79 Å². The van der Waals surface area contributed by atoms with E-state index in [-0.39, 0.29) is 33.6 Å². The first kappa shape index (κ1) is 17.4. The van der Waals surface area contributed by atoms with E-state index < -0.39 is 16.6 Å². The second-order valence-electron chi connectivity index (χ2n) is 4.75. The molecular weight excluding hydrogens is 341 g/mol. The lowest BCUT2D eigenvalue weighted by Gasteiger charge is -2.09. The molecule has 0 aliphatic rings. The van der Waals surface area contributed by atoms with Crippen molar-refractivity contribution in [3.63, 3.8) is 0 Å². The predicted molar refractivity (Wildman–Crippen MR) is 86.8 cm³/mol. The minimum Gasteiger partial charge on any atom is -0.326 e. The van der Waals surface area contributed by atoms with Gasteiger partial charge in [-0.15, -0.1) is 0 Å². The number of nitrogens with one attached hydrogen (secondary N) is 2. The normalized spacial score (nSPS) is 10.1. The van der Waals surface area contributed by atoms with Gasteiger partial charge in [0.2, 0.25) is 5.91 Å². The number of non-ortho nitro benzene ring substituents is 1. The summed E-state index contributed by atoms with van der Waals surface area (Å²) in [5.74, 6) is -1.94. The SMILES string of the molecule is CC(=O)Nc1ccc(NC(=O)c2cc([N+](=O)[O-])ccc2Cl)c(F)c1. The third-order valence-electron chi connectivity index (χ3n) is 2.94. The summed E-state index contributed by atoms with van der Waals surface area (Å²) in [6.45, 7) is 1.28. The third-order valence-corrected chi connectivity index (χ3v) is 3.27. The van der Waals surface area contributed by atoms with Crippen molar-refractivity contribution in [2.45, 2.75) is 6.92 Å². The number of hydrogen-bond donors (Lipinski definition) is 2. The average Bonchev–Trinajstić information content (AvgIpc) is 2.49. The summed E-state index contributed by atoms with van der Waals surface area (Å²) in [4.78, 5) is 33.2. The molecular formula is C15H11ClFN3O4. The summed E-state index contributed by atoms with van der Waals surface area (Å²) < 4.78 is 14.0. The Bertz CT molecular complexity index is 841. The van der Waals surface area contributed by atoms with E-state index in [2.05, 4.69) is 10.6 Å². The Morgan fingerprint density at radius 3 is 2.46 bits per heavy atom. The van der Waals surface area contributed by atoms with Crippen LogP contribution in [0.1, 0.15) is 17.3 Å². The molecule has 0 unspecified atom stereocenters. The van der Waals surface area contributed by atoms with E-state index in [0.717, 1.165) is 18.2 Å². The zero-order valence-corrected chi connectivity index (χ0v) is 13.1. The number of hydrogen-bond acceptors (Lipinski definition) is 4. The molecule has 2 N–H and O–H groups in total. The summed E-state index contributed by atoms with van der Waals surface area (Å²) >= 11 is 5.86. The fourth-order valence-corrected chi connectivity index (χ4v) is 2.09. The molecule has 0 bridgehead atoms. The lowest BCUT2D eigenvalue weighted by molar-refractivity contribution is -0.384. The first-order valence-corrected chi connectivity index (χ1v) is 6.98.